The van der Waals surface area contributed by atoms with Crippen LogP contribution in [0.15, 0.2) is 42.7 Å². The van der Waals surface area contributed by atoms with Gasteiger partial charge in [0, 0.05) is 54.4 Å². The molecular weight excluding hydrogens is 582 g/mol. The summed E-state index contributed by atoms with van der Waals surface area (Å²) in [7, 11) is 3.28. The second kappa shape index (κ2) is 14.0. The molecule has 2 amide bonds. The number of benzene rings is 2. The molecule has 3 atom stereocenters. The number of likely N-dealkylation sites (tertiary alicyclic amines) is 1. The lowest BCUT2D eigenvalue weighted by atomic mass is 9.85. The molecule has 3 heterocycles. The molecule has 2 aliphatic rings. The first-order valence-electron chi connectivity index (χ1n) is 16.2. The number of likely N-dealkylation sites (N-methyl/N-ethyl adjacent to an activating group) is 1. The number of nitrogens with one attached hydrogen (secondary N) is 3. The summed E-state index contributed by atoms with van der Waals surface area (Å²) in [6, 6.07) is 10.3. The Bertz CT molecular complexity index is 1560. The van der Waals surface area contributed by atoms with Gasteiger partial charge in [-0.2, -0.15) is 0 Å². The molecule has 0 unspecified atom stereocenters. The Morgan fingerprint density at radius 3 is 2.39 bits per heavy atom. The fourth-order valence-corrected chi connectivity index (χ4v) is 6.31. The summed E-state index contributed by atoms with van der Waals surface area (Å²) < 4.78 is 5.70. The van der Waals surface area contributed by atoms with Crippen molar-refractivity contribution in [3.05, 3.63) is 48.3 Å². The SMILES string of the molecule is CN[C@@H](C)C(=O)N[C@H](C(=O)N1CCC[C@H]1C(=O)Cc1cc2c(Nc3ccc(N4CCCC4)cc3)ncnc2cc1OC)C(C)(C)C. The zero-order valence-electron chi connectivity index (χ0n) is 27.9. The molecule has 5 rings (SSSR count). The zero-order chi connectivity index (χ0) is 33.0. The number of ether oxygens (including phenoxy) is 1. The molecule has 0 aliphatic carbocycles. The van der Waals surface area contributed by atoms with Crippen LogP contribution < -0.4 is 25.6 Å². The van der Waals surface area contributed by atoms with Crippen LogP contribution in [0.25, 0.3) is 10.9 Å². The highest BCUT2D eigenvalue weighted by Crippen LogP contribution is 2.33. The number of carbonyl (C=O) groups excluding carboxylic acids is 3. The van der Waals surface area contributed by atoms with Crippen molar-refractivity contribution in [2.45, 2.75) is 77.9 Å². The van der Waals surface area contributed by atoms with Gasteiger partial charge in [0.05, 0.1) is 24.7 Å². The van der Waals surface area contributed by atoms with E-state index in [1.54, 1.807) is 26.0 Å². The van der Waals surface area contributed by atoms with Gasteiger partial charge in [0.2, 0.25) is 11.8 Å². The lowest BCUT2D eigenvalue weighted by Crippen LogP contribution is -2.58. The molecule has 3 aromatic rings. The molecule has 1 aromatic heterocycles. The van der Waals surface area contributed by atoms with E-state index in [4.69, 9.17) is 4.74 Å². The molecule has 2 aromatic carbocycles. The maximum absolute atomic E-state index is 13.9. The maximum atomic E-state index is 13.9. The van der Waals surface area contributed by atoms with Gasteiger partial charge < -0.3 is 30.5 Å². The Morgan fingerprint density at radius 2 is 1.74 bits per heavy atom. The smallest absolute Gasteiger partial charge is 0.246 e. The number of fused-ring (bicyclic) bond motifs is 1. The first-order valence-corrected chi connectivity index (χ1v) is 16.2. The summed E-state index contributed by atoms with van der Waals surface area (Å²) in [6.07, 6.45) is 5.33. The van der Waals surface area contributed by atoms with Gasteiger partial charge >= 0.3 is 0 Å². The van der Waals surface area contributed by atoms with E-state index < -0.39 is 23.5 Å². The van der Waals surface area contributed by atoms with Gasteiger partial charge in [-0.05, 0) is 75.4 Å². The minimum Gasteiger partial charge on any atom is -0.496 e. The van der Waals surface area contributed by atoms with Crippen molar-refractivity contribution in [3.8, 4) is 5.75 Å². The van der Waals surface area contributed by atoms with E-state index in [1.807, 2.05) is 45.0 Å². The Morgan fingerprint density at radius 1 is 1.02 bits per heavy atom. The Labute approximate surface area is 271 Å². The monoisotopic (exact) mass is 629 g/mol. The van der Waals surface area contributed by atoms with Gasteiger partial charge in [0.25, 0.3) is 0 Å². The summed E-state index contributed by atoms with van der Waals surface area (Å²) in [5.74, 6) is 0.619. The number of hydrogen-bond donors (Lipinski definition) is 3. The first kappa shape index (κ1) is 33.1. The van der Waals surface area contributed by atoms with E-state index >= 15 is 0 Å². The van der Waals surface area contributed by atoms with Crippen LogP contribution in [-0.4, -0.2) is 84.4 Å². The average Bonchev–Trinajstić information content (AvgIpc) is 3.76. The summed E-state index contributed by atoms with van der Waals surface area (Å²) in [4.78, 5) is 53.6. The van der Waals surface area contributed by atoms with Gasteiger partial charge in [-0.15, -0.1) is 0 Å². The van der Waals surface area contributed by atoms with Gasteiger partial charge in [0.1, 0.15) is 23.9 Å². The lowest BCUT2D eigenvalue weighted by molar-refractivity contribution is -0.143. The van der Waals surface area contributed by atoms with Crippen molar-refractivity contribution >= 4 is 45.7 Å². The molecule has 0 bridgehead atoms. The average molecular weight is 630 g/mol. The van der Waals surface area contributed by atoms with Crippen LogP contribution in [0.4, 0.5) is 17.2 Å². The van der Waals surface area contributed by atoms with Crippen LogP contribution in [0.5, 0.6) is 5.75 Å². The minimum atomic E-state index is -0.769. The summed E-state index contributed by atoms with van der Waals surface area (Å²) in [5.41, 5.74) is 2.96. The van der Waals surface area contributed by atoms with Gasteiger partial charge in [0.15, 0.2) is 5.78 Å². The van der Waals surface area contributed by atoms with Crippen molar-refractivity contribution in [1.29, 1.82) is 0 Å². The Balaban J connectivity index is 1.36. The van der Waals surface area contributed by atoms with E-state index in [1.165, 1.54) is 24.9 Å². The predicted octanol–water partition coefficient (Wildman–Crippen LogP) is 4.22. The molecule has 2 aliphatic heterocycles. The molecule has 46 heavy (non-hydrogen) atoms. The number of Topliss-reactive ketones (excluding diaryl/α,β-unsaturated/α-hetero) is 1. The van der Waals surface area contributed by atoms with Crippen LogP contribution in [0.2, 0.25) is 0 Å². The van der Waals surface area contributed by atoms with Gasteiger partial charge in [-0.25, -0.2) is 9.97 Å². The highest BCUT2D eigenvalue weighted by Gasteiger charge is 2.42. The van der Waals surface area contributed by atoms with Crippen LogP contribution in [0.3, 0.4) is 0 Å². The van der Waals surface area contributed by atoms with Crippen molar-refractivity contribution in [3.63, 3.8) is 0 Å². The molecule has 0 radical (unpaired) electrons. The van der Waals surface area contributed by atoms with Crippen molar-refractivity contribution < 1.29 is 19.1 Å². The largest absolute Gasteiger partial charge is 0.496 e. The fraction of sp³-hybridized carbons (Fsp3) is 0.514. The van der Waals surface area contributed by atoms with Crippen LogP contribution in [-0.2, 0) is 20.8 Å². The number of carbonyl (C=O) groups is 3. The number of amides is 2. The summed E-state index contributed by atoms with van der Waals surface area (Å²) in [6.45, 7) is 10.1. The number of rotatable bonds is 11. The normalized spacial score (nSPS) is 18.0. The van der Waals surface area contributed by atoms with E-state index in [2.05, 4.69) is 43.0 Å². The van der Waals surface area contributed by atoms with Crippen LogP contribution in [0, 0.1) is 5.41 Å². The summed E-state index contributed by atoms with van der Waals surface area (Å²) >= 11 is 0. The molecule has 11 heteroatoms. The molecule has 246 valence electrons. The third-order valence-corrected chi connectivity index (χ3v) is 9.14. The molecule has 2 fully saturated rings. The number of anilines is 3. The van der Waals surface area contributed by atoms with E-state index in [0.717, 1.165) is 24.2 Å². The lowest BCUT2D eigenvalue weighted by Gasteiger charge is -2.36. The molecule has 11 nitrogen and oxygen atoms in total. The topological polar surface area (TPSA) is 129 Å². The minimum absolute atomic E-state index is 0.0741. The molecular formula is C35H47N7O4. The number of aromatic nitrogens is 2. The number of hydrogen-bond acceptors (Lipinski definition) is 9. The molecule has 2 saturated heterocycles. The fourth-order valence-electron chi connectivity index (χ4n) is 6.31. The second-order valence-electron chi connectivity index (χ2n) is 13.4. The first-order chi connectivity index (χ1) is 22.0. The van der Waals surface area contributed by atoms with Crippen molar-refractivity contribution in [2.75, 3.05) is 44.0 Å². The number of ketones is 1. The Kier molecular flexibility index (Phi) is 10.1. The summed E-state index contributed by atoms with van der Waals surface area (Å²) in [5, 5.41) is 10.0. The quantitative estimate of drug-likeness (QED) is 0.286. The molecule has 3 N–H and O–H groups in total. The van der Waals surface area contributed by atoms with E-state index in [-0.39, 0.29) is 24.0 Å². The number of nitrogens with zero attached hydrogens (tertiary/aromatic N) is 4. The second-order valence-corrected chi connectivity index (χ2v) is 13.4. The van der Waals surface area contributed by atoms with E-state index in [9.17, 15) is 14.4 Å². The van der Waals surface area contributed by atoms with Gasteiger partial charge in [-0.3, -0.25) is 14.4 Å². The highest BCUT2D eigenvalue weighted by molar-refractivity contribution is 5.97. The third kappa shape index (κ3) is 7.25. The van der Waals surface area contributed by atoms with Gasteiger partial charge in [-0.1, -0.05) is 20.8 Å². The van der Waals surface area contributed by atoms with Crippen LogP contribution in [0.1, 0.15) is 58.9 Å². The van der Waals surface area contributed by atoms with Crippen molar-refractivity contribution in [1.82, 2.24) is 25.5 Å². The van der Waals surface area contributed by atoms with E-state index in [0.29, 0.717) is 42.0 Å². The predicted molar refractivity (Wildman–Crippen MR) is 181 cm³/mol. The third-order valence-electron chi connectivity index (χ3n) is 9.14. The standard InChI is InChI=1S/C35H47N7O4/c1-22(36-5)33(44)40-31(35(2,3)4)34(45)42-17-9-10-28(42)29(43)19-23-18-26-27(20-30(23)46-6)37-21-38-32(26)39-24-11-13-25(14-12-24)41-15-7-8-16-41/h11-14,18,20-22,28,31,36H,7-10,15-17,19H2,1-6H3,(H,40,44)(H,37,38,39)/t22-,28-,31+/m0/s1. The molecule has 0 saturated carbocycles. The zero-order valence-corrected chi connectivity index (χ0v) is 27.9. The maximum Gasteiger partial charge on any atom is 0.246 e. The number of methoxy groups -OCH3 is 1. The Hall–Kier alpha value is -4.25. The highest BCUT2D eigenvalue weighted by atomic mass is 16.5. The van der Waals surface area contributed by atoms with Crippen LogP contribution >= 0.6 is 0 Å². The molecule has 0 spiro atoms. The van der Waals surface area contributed by atoms with Crippen molar-refractivity contribution in [2.24, 2.45) is 5.41 Å².